The van der Waals surface area contributed by atoms with Gasteiger partial charge in [-0.25, -0.2) is 0 Å². The molecule has 61 heavy (non-hydrogen) atoms. The summed E-state index contributed by atoms with van der Waals surface area (Å²) in [6.45, 7) is 6.38. The van der Waals surface area contributed by atoms with Crippen LogP contribution in [0.2, 0.25) is 0 Å². The molecule has 0 radical (unpaired) electrons. The Morgan fingerprint density at radius 2 is 0.656 bits per heavy atom. The Morgan fingerprint density at radius 1 is 0.344 bits per heavy atom. The molecule has 0 aromatic heterocycles. The van der Waals surface area contributed by atoms with Gasteiger partial charge < -0.3 is 14.2 Å². The molecule has 1 atom stereocenters. The second-order valence-electron chi connectivity index (χ2n) is 16.0. The quantitative estimate of drug-likeness (QED) is 0.0263. The van der Waals surface area contributed by atoms with Crippen LogP contribution < -0.4 is 0 Å². The van der Waals surface area contributed by atoms with E-state index in [4.69, 9.17) is 14.2 Å². The van der Waals surface area contributed by atoms with Crippen LogP contribution in [0.25, 0.3) is 0 Å². The minimum absolute atomic E-state index is 0.0922. The van der Waals surface area contributed by atoms with Crippen molar-refractivity contribution in [1.82, 2.24) is 0 Å². The predicted molar refractivity (Wildman–Crippen MR) is 260 cm³/mol. The van der Waals surface area contributed by atoms with E-state index in [0.29, 0.717) is 19.3 Å². The largest absolute Gasteiger partial charge is 0.462 e. The van der Waals surface area contributed by atoms with E-state index < -0.39 is 6.10 Å². The molecule has 0 bridgehead atoms. The Bertz CT molecular complexity index is 1250. The van der Waals surface area contributed by atoms with Gasteiger partial charge in [-0.15, -0.1) is 0 Å². The van der Waals surface area contributed by atoms with Crippen LogP contribution in [-0.2, 0) is 28.6 Å². The third-order valence-corrected chi connectivity index (χ3v) is 10.1. The maximum atomic E-state index is 12.7. The molecule has 6 heteroatoms. The van der Waals surface area contributed by atoms with Gasteiger partial charge in [0, 0.05) is 19.3 Å². The lowest BCUT2D eigenvalue weighted by Gasteiger charge is -2.18. The van der Waals surface area contributed by atoms with Crippen molar-refractivity contribution in [2.75, 3.05) is 13.2 Å². The first-order valence-electron chi connectivity index (χ1n) is 24.7. The summed E-state index contributed by atoms with van der Waals surface area (Å²) in [5.74, 6) is -0.951. The van der Waals surface area contributed by atoms with Crippen molar-refractivity contribution in [3.8, 4) is 0 Å². The number of rotatable bonds is 43. The van der Waals surface area contributed by atoms with Crippen molar-refractivity contribution in [3.63, 3.8) is 0 Å². The smallest absolute Gasteiger partial charge is 0.306 e. The van der Waals surface area contributed by atoms with Crippen LogP contribution in [0.5, 0.6) is 0 Å². The number of allylic oxidation sites excluding steroid dienone is 16. The summed E-state index contributed by atoms with van der Waals surface area (Å²) in [6, 6.07) is 0. The van der Waals surface area contributed by atoms with Crippen molar-refractivity contribution in [1.29, 1.82) is 0 Å². The van der Waals surface area contributed by atoms with Gasteiger partial charge in [0.2, 0.25) is 0 Å². The lowest BCUT2D eigenvalue weighted by molar-refractivity contribution is -0.167. The molecule has 1 unspecified atom stereocenters. The fourth-order valence-electron chi connectivity index (χ4n) is 6.34. The monoisotopic (exact) mass is 847 g/mol. The highest BCUT2D eigenvalue weighted by Crippen LogP contribution is 2.12. The average molecular weight is 847 g/mol. The molecule has 0 fully saturated rings. The highest BCUT2D eigenvalue weighted by molar-refractivity contribution is 5.71. The standard InChI is InChI=1S/C55H90O6/c1-4-7-10-13-16-18-20-21-22-23-24-25-26-27-28-29-30-31-32-33-35-36-39-42-45-48-54(57)60-51-52(50-59-53(56)47-44-41-38-15-12-9-6-3)61-55(58)49-46-43-40-37-34-19-17-14-11-8-5-2/h7,10,14,16-18,21-22,24-25,27-28,30-31,33,35,52H,4-6,8-9,11-13,15,19-20,23,26,29,32,34,36-51H2,1-3H3/b10-7-,17-14-,18-16-,22-21-,25-24-,28-27-,31-30-,35-33-. The third-order valence-electron chi connectivity index (χ3n) is 10.1. The third kappa shape index (κ3) is 47.2. The summed E-state index contributed by atoms with van der Waals surface area (Å²) < 4.78 is 16.6. The van der Waals surface area contributed by atoms with Crippen molar-refractivity contribution in [2.24, 2.45) is 0 Å². The van der Waals surface area contributed by atoms with Gasteiger partial charge in [-0.2, -0.15) is 0 Å². The van der Waals surface area contributed by atoms with Crippen LogP contribution in [0.4, 0.5) is 0 Å². The molecule has 0 N–H and O–H groups in total. The number of hydrogen-bond donors (Lipinski definition) is 0. The van der Waals surface area contributed by atoms with E-state index in [-0.39, 0.29) is 31.1 Å². The molecule has 346 valence electrons. The Hall–Kier alpha value is -3.67. The fraction of sp³-hybridized carbons (Fsp3) is 0.655. The Morgan fingerprint density at radius 3 is 1.08 bits per heavy atom. The molecule has 0 spiro atoms. The number of hydrogen-bond acceptors (Lipinski definition) is 6. The lowest BCUT2D eigenvalue weighted by atomic mass is 10.1. The van der Waals surface area contributed by atoms with E-state index in [1.54, 1.807) is 0 Å². The Labute approximate surface area is 375 Å². The first-order chi connectivity index (χ1) is 30.0. The van der Waals surface area contributed by atoms with Crippen LogP contribution in [0, 0.1) is 0 Å². The van der Waals surface area contributed by atoms with Gasteiger partial charge in [-0.1, -0.05) is 195 Å². The minimum atomic E-state index is -0.791. The van der Waals surface area contributed by atoms with Gasteiger partial charge in [0.05, 0.1) is 0 Å². The topological polar surface area (TPSA) is 78.9 Å². The highest BCUT2D eigenvalue weighted by Gasteiger charge is 2.19. The molecule has 0 rings (SSSR count). The van der Waals surface area contributed by atoms with Crippen LogP contribution in [0.1, 0.15) is 213 Å². The molecule has 0 amide bonds. The molecule has 0 aromatic rings. The van der Waals surface area contributed by atoms with Crippen LogP contribution >= 0.6 is 0 Å². The van der Waals surface area contributed by atoms with Crippen molar-refractivity contribution in [2.45, 2.75) is 219 Å². The van der Waals surface area contributed by atoms with Crippen molar-refractivity contribution in [3.05, 3.63) is 97.2 Å². The van der Waals surface area contributed by atoms with Crippen LogP contribution in [0.3, 0.4) is 0 Å². The number of carbonyl (C=O) groups excluding carboxylic acids is 3. The molecular formula is C55H90O6. The number of esters is 3. The van der Waals surface area contributed by atoms with E-state index in [9.17, 15) is 14.4 Å². The first kappa shape index (κ1) is 57.3. The lowest BCUT2D eigenvalue weighted by Crippen LogP contribution is -2.30. The zero-order valence-corrected chi connectivity index (χ0v) is 39.4. The molecule has 6 nitrogen and oxygen atoms in total. The Balaban J connectivity index is 4.29. The van der Waals surface area contributed by atoms with E-state index >= 15 is 0 Å². The molecule has 0 aromatic carbocycles. The van der Waals surface area contributed by atoms with Gasteiger partial charge in [0.25, 0.3) is 0 Å². The second-order valence-corrected chi connectivity index (χ2v) is 16.0. The van der Waals surface area contributed by atoms with Crippen LogP contribution in [0.15, 0.2) is 97.2 Å². The minimum Gasteiger partial charge on any atom is -0.462 e. The molecule has 0 aliphatic rings. The van der Waals surface area contributed by atoms with E-state index in [2.05, 4.69) is 118 Å². The first-order valence-corrected chi connectivity index (χ1v) is 24.7. The highest BCUT2D eigenvalue weighted by atomic mass is 16.6. The maximum absolute atomic E-state index is 12.7. The predicted octanol–water partition coefficient (Wildman–Crippen LogP) is 16.2. The zero-order chi connectivity index (χ0) is 44.4. The molecule has 0 saturated carbocycles. The van der Waals surface area contributed by atoms with Gasteiger partial charge in [0.15, 0.2) is 6.10 Å². The SMILES string of the molecule is CC/C=C\C/C=C\C/C=C\C/C=C\C/C=C\C/C=C\C/C=C\CCCCCC(=O)OCC(COC(=O)CCCCCCCCC)OC(=O)CCCCCCC/C=C\CCCC. The normalized spacial score (nSPS) is 12.9. The van der Waals surface area contributed by atoms with E-state index in [1.807, 2.05) is 0 Å². The number of carbonyl (C=O) groups is 3. The van der Waals surface area contributed by atoms with Gasteiger partial charge in [-0.3, -0.25) is 14.4 Å². The summed E-state index contributed by atoms with van der Waals surface area (Å²) in [5.41, 5.74) is 0. The van der Waals surface area contributed by atoms with Gasteiger partial charge in [0.1, 0.15) is 13.2 Å². The van der Waals surface area contributed by atoms with Gasteiger partial charge >= 0.3 is 17.9 Å². The van der Waals surface area contributed by atoms with Crippen molar-refractivity contribution < 1.29 is 28.6 Å². The Kier molecular flexibility index (Phi) is 46.0. The summed E-state index contributed by atoms with van der Waals surface area (Å²) >= 11 is 0. The maximum Gasteiger partial charge on any atom is 0.306 e. The molecule has 0 aliphatic heterocycles. The number of unbranched alkanes of at least 4 members (excludes halogenated alkanes) is 16. The van der Waals surface area contributed by atoms with Gasteiger partial charge in [-0.05, 0) is 96.3 Å². The molecule has 0 aliphatic carbocycles. The van der Waals surface area contributed by atoms with Crippen molar-refractivity contribution >= 4 is 17.9 Å². The van der Waals surface area contributed by atoms with E-state index in [1.165, 1.54) is 51.4 Å². The van der Waals surface area contributed by atoms with E-state index in [0.717, 1.165) is 122 Å². The molecule has 0 saturated heterocycles. The fourth-order valence-corrected chi connectivity index (χ4v) is 6.34. The number of ether oxygens (including phenoxy) is 3. The zero-order valence-electron chi connectivity index (χ0n) is 39.4. The molecular weight excluding hydrogens is 757 g/mol. The second kappa shape index (κ2) is 49.0. The summed E-state index contributed by atoms with van der Waals surface area (Å²) in [7, 11) is 0. The summed E-state index contributed by atoms with van der Waals surface area (Å²) in [6.07, 6.45) is 64.1. The summed E-state index contributed by atoms with van der Waals surface area (Å²) in [4.78, 5) is 37.7. The van der Waals surface area contributed by atoms with Crippen LogP contribution in [-0.4, -0.2) is 37.2 Å². The molecule has 0 heterocycles. The average Bonchev–Trinajstić information content (AvgIpc) is 3.26. The summed E-state index contributed by atoms with van der Waals surface area (Å²) in [5, 5.41) is 0.